The number of fused-ring (bicyclic) bond motifs is 2. The van der Waals surface area contributed by atoms with Crippen molar-refractivity contribution in [3.63, 3.8) is 0 Å². The number of nitrogens with zero attached hydrogens (tertiary/aromatic N) is 7. The molecule has 0 saturated heterocycles. The van der Waals surface area contributed by atoms with Gasteiger partial charge >= 0.3 is 0 Å². The van der Waals surface area contributed by atoms with Crippen molar-refractivity contribution >= 4 is 33.7 Å². The molecule has 0 aliphatic rings. The number of nitrogens with one attached hydrogen (secondary N) is 1. The summed E-state index contributed by atoms with van der Waals surface area (Å²) in [7, 11) is 0. The molecule has 0 saturated carbocycles. The van der Waals surface area contributed by atoms with Crippen LogP contribution in [-0.4, -0.2) is 34.9 Å². The highest BCUT2D eigenvalue weighted by Gasteiger charge is 2.10. The Labute approximate surface area is 160 Å². The van der Waals surface area contributed by atoms with Crippen LogP contribution in [0.2, 0.25) is 0 Å². The summed E-state index contributed by atoms with van der Waals surface area (Å²) in [4.78, 5) is 17.6. The Morgan fingerprint density at radius 2 is 1.96 bits per heavy atom. The van der Waals surface area contributed by atoms with Crippen molar-refractivity contribution < 1.29 is 0 Å². The Morgan fingerprint density at radius 1 is 1.00 bits per heavy atom. The first-order valence-electron chi connectivity index (χ1n) is 8.84. The Hall–Kier alpha value is -3.94. The predicted octanol–water partition coefficient (Wildman–Crippen LogP) is 3.26. The minimum atomic E-state index is 0.509. The average molecular weight is 368 g/mol. The Morgan fingerprint density at radius 3 is 2.86 bits per heavy atom. The molecule has 1 N–H and O–H groups in total. The highest BCUT2D eigenvalue weighted by molar-refractivity contribution is 5.79. The van der Waals surface area contributed by atoms with E-state index in [0.717, 1.165) is 27.8 Å². The Balaban J connectivity index is 1.46. The highest BCUT2D eigenvalue weighted by atomic mass is 15.5. The molecule has 0 radical (unpaired) electrons. The molecule has 0 unspecified atom stereocenters. The van der Waals surface area contributed by atoms with Crippen LogP contribution < -0.4 is 5.32 Å². The molecular weight excluding hydrogens is 352 g/mol. The zero-order valence-corrected chi connectivity index (χ0v) is 15.1. The van der Waals surface area contributed by atoms with Crippen molar-refractivity contribution in [1.82, 2.24) is 34.9 Å². The van der Waals surface area contributed by atoms with Gasteiger partial charge in [0, 0.05) is 17.3 Å². The molecule has 1 aromatic carbocycles. The fraction of sp³-hybridized carbons (Fsp3) is 0.100. The van der Waals surface area contributed by atoms with E-state index in [1.807, 2.05) is 43.3 Å². The van der Waals surface area contributed by atoms with Crippen molar-refractivity contribution in [3.05, 3.63) is 72.3 Å². The summed E-state index contributed by atoms with van der Waals surface area (Å²) in [5.41, 5.74) is 4.99. The number of aryl methyl sites for hydroxylation is 1. The second-order valence-corrected chi connectivity index (χ2v) is 6.49. The van der Waals surface area contributed by atoms with Crippen LogP contribution in [0.4, 0.5) is 11.5 Å². The fourth-order valence-corrected chi connectivity index (χ4v) is 3.01. The van der Waals surface area contributed by atoms with E-state index in [0.29, 0.717) is 23.7 Å². The van der Waals surface area contributed by atoms with Crippen LogP contribution in [0.15, 0.2) is 61.1 Å². The van der Waals surface area contributed by atoms with Gasteiger partial charge in [0.1, 0.15) is 0 Å². The van der Waals surface area contributed by atoms with Gasteiger partial charge in [-0.25, -0.2) is 14.6 Å². The average Bonchev–Trinajstić information content (AvgIpc) is 3.12. The van der Waals surface area contributed by atoms with Crippen LogP contribution in [0.5, 0.6) is 0 Å². The van der Waals surface area contributed by atoms with Gasteiger partial charge < -0.3 is 5.32 Å². The summed E-state index contributed by atoms with van der Waals surface area (Å²) in [6, 6.07) is 14.0. The lowest BCUT2D eigenvalue weighted by Crippen LogP contribution is -2.04. The van der Waals surface area contributed by atoms with Gasteiger partial charge in [-0.05, 0) is 42.8 Å². The molecule has 0 atom stereocenters. The largest absolute Gasteiger partial charge is 0.338 e. The molecule has 8 heteroatoms. The molecule has 4 aromatic heterocycles. The van der Waals surface area contributed by atoms with E-state index < -0.39 is 0 Å². The van der Waals surface area contributed by atoms with Crippen LogP contribution in [0.1, 0.15) is 11.3 Å². The zero-order chi connectivity index (χ0) is 18.9. The number of aromatic nitrogens is 7. The van der Waals surface area contributed by atoms with Gasteiger partial charge in [-0.1, -0.05) is 17.3 Å². The van der Waals surface area contributed by atoms with E-state index >= 15 is 0 Å². The third-order valence-electron chi connectivity index (χ3n) is 4.41. The first kappa shape index (κ1) is 16.2. The van der Waals surface area contributed by atoms with Crippen molar-refractivity contribution in [2.24, 2.45) is 0 Å². The van der Waals surface area contributed by atoms with E-state index in [2.05, 4.69) is 41.6 Å². The number of hydrogen-bond acceptors (Lipinski definition) is 7. The molecule has 4 heterocycles. The van der Waals surface area contributed by atoms with E-state index in [4.69, 9.17) is 0 Å². The van der Waals surface area contributed by atoms with Crippen molar-refractivity contribution in [3.8, 4) is 0 Å². The van der Waals surface area contributed by atoms with Crippen molar-refractivity contribution in [2.75, 3.05) is 5.32 Å². The molecule has 0 spiro atoms. The maximum atomic E-state index is 4.64. The lowest BCUT2D eigenvalue weighted by Gasteiger charge is -2.06. The first-order valence-corrected chi connectivity index (χ1v) is 8.84. The zero-order valence-electron chi connectivity index (χ0n) is 15.1. The standard InChI is InChI=1S/C20H16N8/c1-13-4-6-16(10-22-13)24-18-11-23-19-20(25-18)28(27-26-19)12-14-5-7-17-15(9-14)3-2-8-21-17/h2-11H,12H2,1H3,(H,24,25). The number of hydrogen-bond donors (Lipinski definition) is 1. The van der Waals surface area contributed by atoms with E-state index in [1.54, 1.807) is 23.3 Å². The smallest absolute Gasteiger partial charge is 0.221 e. The third kappa shape index (κ3) is 3.11. The molecule has 0 fully saturated rings. The summed E-state index contributed by atoms with van der Waals surface area (Å²) >= 11 is 0. The summed E-state index contributed by atoms with van der Waals surface area (Å²) in [5, 5.41) is 12.6. The predicted molar refractivity (Wildman–Crippen MR) is 106 cm³/mol. The van der Waals surface area contributed by atoms with Gasteiger partial charge in [-0.2, -0.15) is 0 Å². The minimum absolute atomic E-state index is 0.509. The molecule has 5 aromatic rings. The molecule has 0 bridgehead atoms. The second kappa shape index (κ2) is 6.66. The summed E-state index contributed by atoms with van der Waals surface area (Å²) < 4.78 is 1.75. The van der Waals surface area contributed by atoms with Gasteiger partial charge in [0.05, 0.1) is 30.1 Å². The van der Waals surface area contributed by atoms with Crippen LogP contribution in [0.25, 0.3) is 22.2 Å². The van der Waals surface area contributed by atoms with Crippen LogP contribution in [0, 0.1) is 6.92 Å². The lowest BCUT2D eigenvalue weighted by molar-refractivity contribution is 0.664. The van der Waals surface area contributed by atoms with E-state index in [9.17, 15) is 0 Å². The summed E-state index contributed by atoms with van der Waals surface area (Å²) in [6.07, 6.45) is 5.20. The van der Waals surface area contributed by atoms with Gasteiger partial charge in [0.2, 0.25) is 5.65 Å². The third-order valence-corrected chi connectivity index (χ3v) is 4.41. The van der Waals surface area contributed by atoms with E-state index in [-0.39, 0.29) is 0 Å². The number of benzene rings is 1. The molecule has 0 aliphatic carbocycles. The van der Waals surface area contributed by atoms with Gasteiger partial charge in [-0.3, -0.25) is 9.97 Å². The lowest BCUT2D eigenvalue weighted by atomic mass is 10.1. The number of pyridine rings is 2. The van der Waals surface area contributed by atoms with Gasteiger partial charge in [0.15, 0.2) is 11.5 Å². The highest BCUT2D eigenvalue weighted by Crippen LogP contribution is 2.18. The van der Waals surface area contributed by atoms with Crippen molar-refractivity contribution in [2.45, 2.75) is 13.5 Å². The van der Waals surface area contributed by atoms with Gasteiger partial charge in [-0.15, -0.1) is 5.10 Å². The number of rotatable bonds is 4. The van der Waals surface area contributed by atoms with Crippen LogP contribution in [0.3, 0.4) is 0 Å². The molecule has 5 rings (SSSR count). The quantitative estimate of drug-likeness (QED) is 0.520. The molecule has 136 valence electrons. The number of anilines is 2. The molecule has 28 heavy (non-hydrogen) atoms. The topological polar surface area (TPSA) is 94.3 Å². The monoisotopic (exact) mass is 368 g/mol. The van der Waals surface area contributed by atoms with Crippen molar-refractivity contribution in [1.29, 1.82) is 0 Å². The Bertz CT molecular complexity index is 1280. The summed E-state index contributed by atoms with van der Waals surface area (Å²) in [5.74, 6) is 0.615. The van der Waals surface area contributed by atoms with Crippen LogP contribution in [-0.2, 0) is 6.54 Å². The maximum absolute atomic E-state index is 4.64. The van der Waals surface area contributed by atoms with Crippen LogP contribution >= 0.6 is 0 Å². The van der Waals surface area contributed by atoms with Gasteiger partial charge in [0.25, 0.3) is 0 Å². The second-order valence-electron chi connectivity index (χ2n) is 6.49. The molecule has 0 aliphatic heterocycles. The fourth-order valence-electron chi connectivity index (χ4n) is 3.01. The van der Waals surface area contributed by atoms with E-state index in [1.165, 1.54) is 0 Å². The Kier molecular flexibility index (Phi) is 3.86. The maximum Gasteiger partial charge on any atom is 0.221 e. The first-order chi connectivity index (χ1) is 13.7. The minimum Gasteiger partial charge on any atom is -0.338 e. The molecule has 8 nitrogen and oxygen atoms in total. The SMILES string of the molecule is Cc1ccc(Nc2cnc3nnn(Cc4ccc5ncccc5c4)c3n2)cn1. The molecule has 0 amide bonds. The normalized spacial score (nSPS) is 11.2. The molecular formula is C20H16N8. The summed E-state index contributed by atoms with van der Waals surface area (Å²) in [6.45, 7) is 2.49.